The first-order valence-corrected chi connectivity index (χ1v) is 12.2. The number of hydrogen-bond acceptors (Lipinski definition) is 5. The summed E-state index contributed by atoms with van der Waals surface area (Å²) in [6.07, 6.45) is 9.26. The number of carbonyl (C=O) groups is 1. The second kappa shape index (κ2) is 9.71. The van der Waals surface area contributed by atoms with Gasteiger partial charge in [-0.15, -0.1) is 0 Å². The topological polar surface area (TPSA) is 103 Å². The number of nitrogens with zero attached hydrogens (tertiary/aromatic N) is 4. The molecule has 1 aliphatic heterocycles. The molecule has 3 N–H and O–H groups in total. The van der Waals surface area contributed by atoms with Crippen molar-refractivity contribution in [2.45, 2.75) is 77.9 Å². The second-order valence-electron chi connectivity index (χ2n) is 10.6. The SMILES string of the molecule is CC(C)(C)[C@H]1CC[C@@H](N2CCC(n3c(CNC(=O)O)c(C=NO)c4cccnc43)CC2)CC1. The first-order chi connectivity index (χ1) is 15.8. The number of rotatable bonds is 5. The number of nitrogens with one attached hydrogen (secondary N) is 1. The van der Waals surface area contributed by atoms with Crippen molar-refractivity contribution in [2.75, 3.05) is 13.1 Å². The standard InChI is InChI=1S/C25H37N5O3/c1-25(2,3)17-6-8-18(9-7-17)29-13-10-19(11-14-29)30-22(16-27-24(31)32)21(15-28-33)20-5-4-12-26-23(20)30/h4-5,12,15,17-19,27,33H,6-11,13-14,16H2,1-3H3,(H,31,32)/t17-,18+. The maximum absolute atomic E-state index is 11.2. The number of oxime groups is 1. The smallest absolute Gasteiger partial charge is 0.404 e. The van der Waals surface area contributed by atoms with Crippen molar-refractivity contribution < 1.29 is 15.1 Å². The molecule has 8 heteroatoms. The monoisotopic (exact) mass is 455 g/mol. The first-order valence-electron chi connectivity index (χ1n) is 12.2. The molecule has 2 aromatic rings. The summed E-state index contributed by atoms with van der Waals surface area (Å²) >= 11 is 0. The summed E-state index contributed by atoms with van der Waals surface area (Å²) in [5.41, 5.74) is 2.74. The molecule has 1 amide bonds. The Morgan fingerprint density at radius 3 is 2.48 bits per heavy atom. The molecular formula is C25H37N5O3. The van der Waals surface area contributed by atoms with Crippen LogP contribution in [0.15, 0.2) is 23.5 Å². The van der Waals surface area contributed by atoms with Crippen molar-refractivity contribution in [3.05, 3.63) is 29.6 Å². The average Bonchev–Trinajstić information content (AvgIpc) is 3.11. The lowest BCUT2D eigenvalue weighted by molar-refractivity contribution is 0.0719. The van der Waals surface area contributed by atoms with Crippen LogP contribution in [-0.2, 0) is 6.54 Å². The van der Waals surface area contributed by atoms with E-state index >= 15 is 0 Å². The quantitative estimate of drug-likeness (QED) is 0.340. The van der Waals surface area contributed by atoms with Crippen molar-refractivity contribution in [1.82, 2.24) is 19.8 Å². The molecule has 0 radical (unpaired) electrons. The highest BCUT2D eigenvalue weighted by atomic mass is 16.4. The molecule has 0 aromatic carbocycles. The summed E-state index contributed by atoms with van der Waals surface area (Å²) < 4.78 is 2.18. The number of hydrogen-bond donors (Lipinski definition) is 3. The van der Waals surface area contributed by atoms with Gasteiger partial charge in [-0.1, -0.05) is 25.9 Å². The van der Waals surface area contributed by atoms with E-state index in [0.29, 0.717) is 11.5 Å². The predicted octanol–water partition coefficient (Wildman–Crippen LogP) is 4.85. The van der Waals surface area contributed by atoms with E-state index in [-0.39, 0.29) is 12.6 Å². The lowest BCUT2D eigenvalue weighted by Crippen LogP contribution is -2.44. The van der Waals surface area contributed by atoms with Crippen LogP contribution in [0.4, 0.5) is 4.79 Å². The molecular weight excluding hydrogens is 418 g/mol. The maximum Gasteiger partial charge on any atom is 0.404 e. The molecule has 4 rings (SSSR count). The van der Waals surface area contributed by atoms with Crippen LogP contribution >= 0.6 is 0 Å². The van der Waals surface area contributed by atoms with Gasteiger partial charge in [0.1, 0.15) is 5.65 Å². The maximum atomic E-state index is 11.2. The highest BCUT2D eigenvalue weighted by Gasteiger charge is 2.34. The van der Waals surface area contributed by atoms with Crippen LogP contribution in [0, 0.1) is 11.3 Å². The van der Waals surface area contributed by atoms with E-state index in [4.69, 9.17) is 0 Å². The van der Waals surface area contributed by atoms with Gasteiger partial charge in [0.15, 0.2) is 0 Å². The Bertz CT molecular complexity index is 993. The van der Waals surface area contributed by atoms with Gasteiger partial charge >= 0.3 is 6.09 Å². The molecule has 2 aromatic heterocycles. The van der Waals surface area contributed by atoms with Crippen molar-refractivity contribution >= 4 is 23.3 Å². The largest absolute Gasteiger partial charge is 0.465 e. The third kappa shape index (κ3) is 5.00. The van der Waals surface area contributed by atoms with E-state index in [0.717, 1.165) is 54.1 Å². The molecule has 1 saturated heterocycles. The zero-order valence-corrected chi connectivity index (χ0v) is 20.0. The summed E-state index contributed by atoms with van der Waals surface area (Å²) in [7, 11) is 0. The predicted molar refractivity (Wildman–Crippen MR) is 129 cm³/mol. The number of piperidine rings is 1. The third-order valence-corrected chi connectivity index (χ3v) is 7.80. The Morgan fingerprint density at radius 2 is 1.88 bits per heavy atom. The van der Waals surface area contributed by atoms with E-state index in [9.17, 15) is 15.1 Å². The number of pyridine rings is 1. The normalized spacial score (nSPS) is 23.4. The molecule has 180 valence electrons. The molecule has 0 unspecified atom stereocenters. The van der Waals surface area contributed by atoms with E-state index in [1.165, 1.54) is 31.9 Å². The average molecular weight is 456 g/mol. The van der Waals surface area contributed by atoms with Gasteiger partial charge in [0, 0.05) is 48.0 Å². The van der Waals surface area contributed by atoms with Crippen LogP contribution in [0.5, 0.6) is 0 Å². The molecule has 0 atom stereocenters. The Labute approximate surface area is 195 Å². The van der Waals surface area contributed by atoms with Crippen LogP contribution in [-0.4, -0.2) is 56.2 Å². The second-order valence-corrected chi connectivity index (χ2v) is 10.6. The Balaban J connectivity index is 1.52. The van der Waals surface area contributed by atoms with Crippen LogP contribution in [0.1, 0.15) is 76.6 Å². The van der Waals surface area contributed by atoms with Gasteiger partial charge in [-0.2, -0.15) is 0 Å². The summed E-state index contributed by atoms with van der Waals surface area (Å²) in [5.74, 6) is 0.819. The zero-order valence-electron chi connectivity index (χ0n) is 20.0. The molecule has 3 heterocycles. The van der Waals surface area contributed by atoms with Crippen molar-refractivity contribution in [3.63, 3.8) is 0 Å². The highest BCUT2D eigenvalue weighted by molar-refractivity contribution is 5.99. The summed E-state index contributed by atoms with van der Waals surface area (Å²) in [6.45, 7) is 9.32. The van der Waals surface area contributed by atoms with E-state index < -0.39 is 6.09 Å². The number of likely N-dealkylation sites (tertiary alicyclic amines) is 1. The van der Waals surface area contributed by atoms with Crippen molar-refractivity contribution in [2.24, 2.45) is 16.5 Å². The summed E-state index contributed by atoms with van der Waals surface area (Å²) in [4.78, 5) is 18.5. The fraction of sp³-hybridized carbons (Fsp3) is 0.640. The van der Waals surface area contributed by atoms with Gasteiger partial charge in [0.2, 0.25) is 0 Å². The van der Waals surface area contributed by atoms with Crippen molar-refractivity contribution in [3.8, 4) is 0 Å². The summed E-state index contributed by atoms with van der Waals surface area (Å²) in [6, 6.07) is 4.71. The highest BCUT2D eigenvalue weighted by Crippen LogP contribution is 2.40. The van der Waals surface area contributed by atoms with Gasteiger partial charge in [-0.05, 0) is 62.0 Å². The molecule has 0 spiro atoms. The fourth-order valence-electron chi connectivity index (χ4n) is 5.96. The van der Waals surface area contributed by atoms with Gasteiger partial charge in [0.05, 0.1) is 12.8 Å². The molecule has 8 nitrogen and oxygen atoms in total. The minimum absolute atomic E-state index is 0.143. The van der Waals surface area contributed by atoms with Gasteiger partial charge in [-0.25, -0.2) is 9.78 Å². The van der Waals surface area contributed by atoms with E-state index in [1.807, 2.05) is 12.1 Å². The molecule has 0 bridgehead atoms. The lowest BCUT2D eigenvalue weighted by atomic mass is 9.71. The Morgan fingerprint density at radius 1 is 1.18 bits per heavy atom. The third-order valence-electron chi connectivity index (χ3n) is 7.80. The van der Waals surface area contributed by atoms with Crippen LogP contribution < -0.4 is 5.32 Å². The van der Waals surface area contributed by atoms with Crippen molar-refractivity contribution in [1.29, 1.82) is 0 Å². The zero-order chi connectivity index (χ0) is 23.6. The van der Waals surface area contributed by atoms with Gasteiger partial charge in [-0.3, -0.25) is 0 Å². The van der Waals surface area contributed by atoms with E-state index in [2.05, 4.69) is 45.7 Å². The molecule has 1 saturated carbocycles. The number of carboxylic acid groups (broad SMARTS) is 1. The van der Waals surface area contributed by atoms with Gasteiger partial charge in [0.25, 0.3) is 0 Å². The van der Waals surface area contributed by atoms with Gasteiger partial charge < -0.3 is 25.1 Å². The molecule has 33 heavy (non-hydrogen) atoms. The van der Waals surface area contributed by atoms with Crippen LogP contribution in [0.2, 0.25) is 0 Å². The number of amides is 1. The molecule has 2 aliphatic rings. The minimum Gasteiger partial charge on any atom is -0.465 e. The van der Waals surface area contributed by atoms with Crippen LogP contribution in [0.3, 0.4) is 0 Å². The summed E-state index contributed by atoms with van der Waals surface area (Å²) in [5, 5.41) is 25.1. The number of fused-ring (bicyclic) bond motifs is 1. The minimum atomic E-state index is -1.08. The number of aromatic nitrogens is 2. The fourth-order valence-corrected chi connectivity index (χ4v) is 5.96. The first kappa shape index (κ1) is 23.5. The molecule has 1 aliphatic carbocycles. The Hall–Kier alpha value is -2.61. The van der Waals surface area contributed by atoms with Crippen LogP contribution in [0.25, 0.3) is 11.0 Å². The van der Waals surface area contributed by atoms with E-state index in [1.54, 1.807) is 6.20 Å². The molecule has 2 fully saturated rings. The Kier molecular flexibility index (Phi) is 6.93. The lowest BCUT2D eigenvalue weighted by Gasteiger charge is -2.43.